The Bertz CT molecular complexity index is 359. The second kappa shape index (κ2) is 5.74. The molecule has 17 heavy (non-hydrogen) atoms. The quantitative estimate of drug-likeness (QED) is 0.865. The summed E-state index contributed by atoms with van der Waals surface area (Å²) in [6.07, 6.45) is -2.45. The summed E-state index contributed by atoms with van der Waals surface area (Å²) in [6, 6.07) is 5.64. The van der Waals surface area contributed by atoms with Gasteiger partial charge >= 0.3 is 6.18 Å². The number of nitrogens with one attached hydrogen (secondary N) is 1. The second-order valence-electron chi connectivity index (χ2n) is 4.26. The summed E-state index contributed by atoms with van der Waals surface area (Å²) >= 11 is 0. The van der Waals surface area contributed by atoms with Crippen LogP contribution < -0.4 is 5.32 Å². The smallest absolute Gasteiger partial charge is 0.316 e. The lowest BCUT2D eigenvalue weighted by atomic mass is 9.97. The molecule has 0 bridgehead atoms. The van der Waals surface area contributed by atoms with E-state index in [1.807, 2.05) is 0 Å². The third kappa shape index (κ3) is 3.89. The molecular formula is C12H15ClF3N. The average Bonchev–Trinajstić information content (AvgIpc) is 2.70. The van der Waals surface area contributed by atoms with Gasteiger partial charge in [0.2, 0.25) is 0 Å². The lowest BCUT2D eigenvalue weighted by molar-refractivity contribution is -0.137. The Labute approximate surface area is 105 Å². The van der Waals surface area contributed by atoms with E-state index in [9.17, 15) is 13.2 Å². The monoisotopic (exact) mass is 265 g/mol. The molecule has 1 aromatic rings. The summed E-state index contributed by atoms with van der Waals surface area (Å²) in [5.74, 6) is 0.475. The van der Waals surface area contributed by atoms with Gasteiger partial charge in [-0.25, -0.2) is 0 Å². The van der Waals surface area contributed by atoms with E-state index in [1.165, 1.54) is 12.1 Å². The Morgan fingerprint density at radius 3 is 2.65 bits per heavy atom. The van der Waals surface area contributed by atoms with Gasteiger partial charge < -0.3 is 5.32 Å². The minimum atomic E-state index is -4.23. The van der Waals surface area contributed by atoms with Crippen molar-refractivity contribution in [1.29, 1.82) is 0 Å². The molecule has 1 unspecified atom stereocenters. The first-order chi connectivity index (χ1) is 7.55. The first-order valence-electron chi connectivity index (χ1n) is 5.42. The number of rotatable bonds is 2. The summed E-state index contributed by atoms with van der Waals surface area (Å²) in [5, 5.41) is 3.22. The van der Waals surface area contributed by atoms with Crippen LogP contribution in [-0.2, 0) is 12.6 Å². The fourth-order valence-electron chi connectivity index (χ4n) is 2.10. The Morgan fingerprint density at radius 2 is 2.06 bits per heavy atom. The van der Waals surface area contributed by atoms with E-state index >= 15 is 0 Å². The maximum absolute atomic E-state index is 12.5. The number of benzene rings is 1. The summed E-state index contributed by atoms with van der Waals surface area (Å²) in [6.45, 7) is 1.89. The highest BCUT2D eigenvalue weighted by Gasteiger charge is 2.30. The first kappa shape index (κ1) is 14.3. The predicted molar refractivity (Wildman–Crippen MR) is 63.4 cm³/mol. The average molecular weight is 266 g/mol. The van der Waals surface area contributed by atoms with E-state index in [0.29, 0.717) is 5.92 Å². The van der Waals surface area contributed by atoms with E-state index in [1.54, 1.807) is 6.07 Å². The minimum absolute atomic E-state index is 0. The molecule has 1 aliphatic heterocycles. The van der Waals surface area contributed by atoms with Crippen LogP contribution in [0.3, 0.4) is 0 Å². The zero-order valence-electron chi connectivity index (χ0n) is 9.26. The molecule has 0 aromatic heterocycles. The van der Waals surface area contributed by atoms with Crippen LogP contribution in [0.5, 0.6) is 0 Å². The fourth-order valence-corrected chi connectivity index (χ4v) is 2.10. The van der Waals surface area contributed by atoms with Gasteiger partial charge in [-0.1, -0.05) is 18.2 Å². The standard InChI is InChI=1S/C12H14F3N.ClH/c13-12(14,15)11-3-1-2-9(7-11)6-10-4-5-16-8-10;/h1-3,7,10,16H,4-6,8H2;1H. The normalized spacial score (nSPS) is 20.1. The third-order valence-electron chi connectivity index (χ3n) is 2.94. The zero-order valence-corrected chi connectivity index (χ0v) is 10.1. The van der Waals surface area contributed by atoms with Crippen LogP contribution in [0.15, 0.2) is 24.3 Å². The molecule has 1 aliphatic rings. The van der Waals surface area contributed by atoms with Crippen molar-refractivity contribution in [2.24, 2.45) is 5.92 Å². The van der Waals surface area contributed by atoms with Crippen LogP contribution in [0.25, 0.3) is 0 Å². The number of halogens is 4. The highest BCUT2D eigenvalue weighted by atomic mass is 35.5. The van der Waals surface area contributed by atoms with Gasteiger partial charge in [-0.05, 0) is 43.5 Å². The summed E-state index contributed by atoms with van der Waals surface area (Å²) in [5.41, 5.74) is 0.236. The van der Waals surface area contributed by atoms with Crippen LogP contribution in [-0.4, -0.2) is 13.1 Å². The van der Waals surface area contributed by atoms with Crippen LogP contribution in [0.2, 0.25) is 0 Å². The fraction of sp³-hybridized carbons (Fsp3) is 0.500. The van der Waals surface area contributed by atoms with Crippen molar-refractivity contribution in [3.8, 4) is 0 Å². The van der Waals surface area contributed by atoms with Gasteiger partial charge in [0.15, 0.2) is 0 Å². The topological polar surface area (TPSA) is 12.0 Å². The molecule has 0 radical (unpaired) electrons. The molecule has 0 saturated carbocycles. The predicted octanol–water partition coefficient (Wildman–Crippen LogP) is 3.28. The highest BCUT2D eigenvalue weighted by molar-refractivity contribution is 5.85. The number of hydrogen-bond acceptors (Lipinski definition) is 1. The highest BCUT2D eigenvalue weighted by Crippen LogP contribution is 2.30. The van der Waals surface area contributed by atoms with Gasteiger partial charge in [0.25, 0.3) is 0 Å². The molecule has 1 heterocycles. The maximum Gasteiger partial charge on any atom is 0.416 e. The molecule has 0 amide bonds. The second-order valence-corrected chi connectivity index (χ2v) is 4.26. The molecule has 2 rings (SSSR count). The zero-order chi connectivity index (χ0) is 11.6. The first-order valence-corrected chi connectivity index (χ1v) is 5.42. The van der Waals surface area contributed by atoms with Crippen molar-refractivity contribution >= 4 is 12.4 Å². The van der Waals surface area contributed by atoms with Crippen molar-refractivity contribution in [2.75, 3.05) is 13.1 Å². The van der Waals surface area contributed by atoms with Crippen LogP contribution in [0, 0.1) is 5.92 Å². The van der Waals surface area contributed by atoms with Gasteiger partial charge in [-0.3, -0.25) is 0 Å². The van der Waals surface area contributed by atoms with Gasteiger partial charge in [-0.15, -0.1) is 12.4 Å². The van der Waals surface area contributed by atoms with Gasteiger partial charge in [-0.2, -0.15) is 13.2 Å². The Hall–Kier alpha value is -0.740. The molecule has 0 spiro atoms. The molecule has 96 valence electrons. The van der Waals surface area contributed by atoms with Crippen molar-refractivity contribution in [1.82, 2.24) is 5.32 Å². The van der Waals surface area contributed by atoms with Gasteiger partial charge in [0.05, 0.1) is 5.56 Å². The number of hydrogen-bond donors (Lipinski definition) is 1. The van der Waals surface area contributed by atoms with E-state index in [4.69, 9.17) is 0 Å². The summed E-state index contributed by atoms with van der Waals surface area (Å²) < 4.78 is 37.4. The van der Waals surface area contributed by atoms with Crippen LogP contribution >= 0.6 is 12.4 Å². The van der Waals surface area contributed by atoms with Crippen molar-refractivity contribution in [3.63, 3.8) is 0 Å². The summed E-state index contributed by atoms with van der Waals surface area (Å²) in [7, 11) is 0. The molecule has 1 fully saturated rings. The van der Waals surface area contributed by atoms with Gasteiger partial charge in [0.1, 0.15) is 0 Å². The largest absolute Gasteiger partial charge is 0.416 e. The van der Waals surface area contributed by atoms with E-state index < -0.39 is 11.7 Å². The molecular weight excluding hydrogens is 251 g/mol. The van der Waals surface area contributed by atoms with Crippen LogP contribution in [0.1, 0.15) is 17.5 Å². The third-order valence-corrected chi connectivity index (χ3v) is 2.94. The molecule has 1 aromatic carbocycles. The molecule has 0 aliphatic carbocycles. The Kier molecular flexibility index (Phi) is 4.83. The molecule has 1 atom stereocenters. The van der Waals surface area contributed by atoms with E-state index in [2.05, 4.69) is 5.32 Å². The van der Waals surface area contributed by atoms with Gasteiger partial charge in [0, 0.05) is 0 Å². The van der Waals surface area contributed by atoms with E-state index in [-0.39, 0.29) is 12.4 Å². The Balaban J connectivity index is 0.00000144. The van der Waals surface area contributed by atoms with Crippen LogP contribution in [0.4, 0.5) is 13.2 Å². The number of alkyl halides is 3. The van der Waals surface area contributed by atoms with Crippen molar-refractivity contribution in [2.45, 2.75) is 19.0 Å². The molecule has 1 saturated heterocycles. The van der Waals surface area contributed by atoms with E-state index in [0.717, 1.165) is 37.6 Å². The lowest BCUT2D eigenvalue weighted by Crippen LogP contribution is -2.11. The molecule has 1 nitrogen and oxygen atoms in total. The van der Waals surface area contributed by atoms with Crippen molar-refractivity contribution in [3.05, 3.63) is 35.4 Å². The lowest BCUT2D eigenvalue weighted by Gasteiger charge is -2.11. The molecule has 5 heteroatoms. The minimum Gasteiger partial charge on any atom is -0.316 e. The molecule has 1 N–H and O–H groups in total. The van der Waals surface area contributed by atoms with Crippen molar-refractivity contribution < 1.29 is 13.2 Å². The SMILES string of the molecule is Cl.FC(F)(F)c1cccc(CC2CCNC2)c1. The summed E-state index contributed by atoms with van der Waals surface area (Å²) in [4.78, 5) is 0. The Morgan fingerprint density at radius 1 is 1.29 bits per heavy atom. The maximum atomic E-state index is 12.5.